The summed E-state index contributed by atoms with van der Waals surface area (Å²) in [7, 11) is -3.45. The van der Waals surface area contributed by atoms with Gasteiger partial charge in [0.15, 0.2) is 9.84 Å². The van der Waals surface area contributed by atoms with Crippen LogP contribution in [0.1, 0.15) is 0 Å². The van der Waals surface area contributed by atoms with E-state index in [0.717, 1.165) is 30.7 Å². The minimum atomic E-state index is -3.45. The van der Waals surface area contributed by atoms with Crippen molar-refractivity contribution in [1.29, 1.82) is 0 Å². The summed E-state index contributed by atoms with van der Waals surface area (Å²) in [4.78, 5) is 22.4. The first-order valence-electron chi connectivity index (χ1n) is 11.2. The van der Waals surface area contributed by atoms with E-state index in [1.54, 1.807) is 42.6 Å². The second kappa shape index (κ2) is 9.40. The van der Waals surface area contributed by atoms with Crippen LogP contribution in [0.25, 0.3) is 10.8 Å². The molecule has 4 aromatic rings. The van der Waals surface area contributed by atoms with Crippen molar-refractivity contribution in [3.8, 4) is 0 Å². The first kappa shape index (κ1) is 22.9. The van der Waals surface area contributed by atoms with Crippen LogP contribution >= 0.6 is 0 Å². The molecule has 2 aromatic heterocycles. The molecule has 0 atom stereocenters. The van der Waals surface area contributed by atoms with Crippen LogP contribution in [0.4, 0.5) is 28.7 Å². The zero-order valence-electron chi connectivity index (χ0n) is 19.1. The zero-order chi connectivity index (χ0) is 24.4. The maximum atomic E-state index is 12.7. The Labute approximate surface area is 202 Å². The van der Waals surface area contributed by atoms with Crippen molar-refractivity contribution in [2.45, 2.75) is 4.90 Å². The molecule has 0 aliphatic carbocycles. The van der Waals surface area contributed by atoms with E-state index in [2.05, 4.69) is 25.5 Å². The highest BCUT2D eigenvalue weighted by Gasteiger charge is 2.16. The van der Waals surface area contributed by atoms with E-state index in [4.69, 9.17) is 4.74 Å². The molecule has 0 radical (unpaired) electrons. The average molecular weight is 492 g/mol. The molecule has 0 saturated carbocycles. The van der Waals surface area contributed by atoms with Gasteiger partial charge in [0.25, 0.3) is 5.56 Å². The predicted molar refractivity (Wildman–Crippen MR) is 138 cm³/mol. The Hall–Kier alpha value is -3.89. The molecule has 3 heterocycles. The Morgan fingerprint density at radius 3 is 2.49 bits per heavy atom. The lowest BCUT2D eigenvalue weighted by atomic mass is 10.2. The monoisotopic (exact) mass is 491 g/mol. The number of ether oxygens (including phenoxy) is 1. The van der Waals surface area contributed by atoms with Gasteiger partial charge in [-0.2, -0.15) is 0 Å². The van der Waals surface area contributed by atoms with Gasteiger partial charge in [-0.25, -0.2) is 13.4 Å². The number of pyridine rings is 2. The maximum Gasteiger partial charge on any atom is 0.259 e. The number of fused-ring (bicyclic) bond motifs is 1. The number of anilines is 5. The second-order valence-electron chi connectivity index (χ2n) is 8.29. The van der Waals surface area contributed by atoms with Crippen LogP contribution in [0.3, 0.4) is 0 Å². The van der Waals surface area contributed by atoms with Crippen LogP contribution in [0, 0.1) is 0 Å². The summed E-state index contributed by atoms with van der Waals surface area (Å²) < 4.78 is 29.9. The minimum absolute atomic E-state index is 0.168. The number of H-pyrrole nitrogens is 1. The van der Waals surface area contributed by atoms with Crippen LogP contribution in [-0.2, 0) is 14.6 Å². The number of morpholine rings is 1. The summed E-state index contributed by atoms with van der Waals surface area (Å²) in [6, 6.07) is 18.0. The molecule has 2 aromatic carbocycles. The van der Waals surface area contributed by atoms with Gasteiger partial charge in [0, 0.05) is 36.9 Å². The molecular formula is C25H25N5O4S. The molecule has 1 aliphatic heterocycles. The third kappa shape index (κ3) is 4.98. The molecule has 0 unspecified atom stereocenters. The zero-order valence-corrected chi connectivity index (χ0v) is 19.9. The van der Waals surface area contributed by atoms with E-state index in [0.29, 0.717) is 41.3 Å². The summed E-state index contributed by atoms with van der Waals surface area (Å²) in [5, 5.41) is 7.44. The van der Waals surface area contributed by atoms with Gasteiger partial charge in [-0.15, -0.1) is 0 Å². The third-order valence-corrected chi connectivity index (χ3v) is 6.96. The number of hydrogen-bond acceptors (Lipinski definition) is 8. The van der Waals surface area contributed by atoms with E-state index >= 15 is 0 Å². The van der Waals surface area contributed by atoms with Crippen LogP contribution < -0.4 is 21.1 Å². The van der Waals surface area contributed by atoms with Crippen molar-refractivity contribution >= 4 is 49.3 Å². The fourth-order valence-electron chi connectivity index (χ4n) is 4.11. The molecule has 5 rings (SSSR count). The molecule has 35 heavy (non-hydrogen) atoms. The van der Waals surface area contributed by atoms with E-state index in [-0.39, 0.29) is 10.5 Å². The van der Waals surface area contributed by atoms with Crippen molar-refractivity contribution in [3.05, 3.63) is 77.2 Å². The molecule has 9 nitrogen and oxygen atoms in total. The van der Waals surface area contributed by atoms with E-state index in [9.17, 15) is 13.2 Å². The molecule has 1 fully saturated rings. The largest absolute Gasteiger partial charge is 0.378 e. The van der Waals surface area contributed by atoms with Crippen LogP contribution in [0.2, 0.25) is 0 Å². The van der Waals surface area contributed by atoms with Crippen molar-refractivity contribution in [3.63, 3.8) is 0 Å². The SMILES string of the molecule is CS(=O)(=O)c1ccccc1Nc1cc2cc[nH]c(=O)c2c(Nc2ccc(N3CCOCC3)cc2)n1. The van der Waals surface area contributed by atoms with Crippen molar-refractivity contribution < 1.29 is 13.2 Å². The van der Waals surface area contributed by atoms with E-state index < -0.39 is 9.84 Å². The smallest absolute Gasteiger partial charge is 0.259 e. The molecule has 3 N–H and O–H groups in total. The van der Waals surface area contributed by atoms with Crippen LogP contribution in [-0.4, -0.2) is 50.9 Å². The Bertz CT molecular complexity index is 1530. The standard InChI is InChI=1S/C25H25N5O4S/c1-35(32,33)21-5-3-2-4-20(21)28-22-16-17-10-11-26-25(31)23(17)24(29-22)27-18-6-8-19(9-7-18)30-12-14-34-15-13-30/h2-11,16H,12-15H2,1H3,(H,26,31)(H2,27,28,29). The molecule has 180 valence electrons. The number of nitrogens with one attached hydrogen (secondary N) is 3. The average Bonchev–Trinajstić information content (AvgIpc) is 2.85. The predicted octanol–water partition coefficient (Wildman–Crippen LogP) is 3.65. The quantitative estimate of drug-likeness (QED) is 0.374. The molecule has 0 amide bonds. The third-order valence-electron chi connectivity index (χ3n) is 5.81. The maximum absolute atomic E-state index is 12.7. The van der Waals surface area contributed by atoms with Crippen LogP contribution in [0.5, 0.6) is 0 Å². The first-order valence-corrected chi connectivity index (χ1v) is 13.1. The van der Waals surface area contributed by atoms with Gasteiger partial charge in [-0.3, -0.25) is 4.79 Å². The number of rotatable bonds is 6. The molecule has 0 spiro atoms. The van der Waals surface area contributed by atoms with Crippen molar-refractivity contribution in [2.24, 2.45) is 0 Å². The number of aromatic nitrogens is 2. The topological polar surface area (TPSA) is 116 Å². The fourth-order valence-corrected chi connectivity index (χ4v) is 4.96. The van der Waals surface area contributed by atoms with Gasteiger partial charge in [0.2, 0.25) is 0 Å². The molecule has 1 aliphatic rings. The lowest BCUT2D eigenvalue weighted by Gasteiger charge is -2.28. The normalized spacial score (nSPS) is 14.1. The Morgan fingerprint density at radius 2 is 1.74 bits per heavy atom. The number of sulfone groups is 1. The lowest BCUT2D eigenvalue weighted by molar-refractivity contribution is 0.122. The number of hydrogen-bond donors (Lipinski definition) is 3. The number of benzene rings is 2. The molecule has 1 saturated heterocycles. The highest BCUT2D eigenvalue weighted by Crippen LogP contribution is 2.29. The minimum Gasteiger partial charge on any atom is -0.378 e. The van der Waals surface area contributed by atoms with Gasteiger partial charge in [0.1, 0.15) is 11.6 Å². The van der Waals surface area contributed by atoms with Gasteiger partial charge < -0.3 is 25.3 Å². The Kier molecular flexibility index (Phi) is 6.14. The van der Waals surface area contributed by atoms with E-state index in [1.165, 1.54) is 0 Å². The first-order chi connectivity index (χ1) is 16.9. The van der Waals surface area contributed by atoms with Crippen molar-refractivity contribution in [1.82, 2.24) is 9.97 Å². The molecular weight excluding hydrogens is 466 g/mol. The number of para-hydroxylation sites is 1. The summed E-state index contributed by atoms with van der Waals surface area (Å²) in [5.74, 6) is 0.773. The fraction of sp³-hybridized carbons (Fsp3) is 0.200. The molecule has 10 heteroatoms. The van der Waals surface area contributed by atoms with Gasteiger partial charge in [-0.05, 0) is 53.9 Å². The highest BCUT2D eigenvalue weighted by molar-refractivity contribution is 7.90. The molecule has 0 bridgehead atoms. The number of aromatic amines is 1. The summed E-state index contributed by atoms with van der Waals surface area (Å²) in [6.45, 7) is 3.11. The lowest BCUT2D eigenvalue weighted by Crippen LogP contribution is -2.36. The summed E-state index contributed by atoms with van der Waals surface area (Å²) in [6.07, 6.45) is 2.73. The Balaban J connectivity index is 1.50. The van der Waals surface area contributed by atoms with Gasteiger partial charge in [-0.1, -0.05) is 12.1 Å². The highest BCUT2D eigenvalue weighted by atomic mass is 32.2. The van der Waals surface area contributed by atoms with Gasteiger partial charge >= 0.3 is 0 Å². The van der Waals surface area contributed by atoms with E-state index in [1.807, 2.05) is 24.3 Å². The second-order valence-corrected chi connectivity index (χ2v) is 10.3. The summed E-state index contributed by atoms with van der Waals surface area (Å²) in [5.41, 5.74) is 2.01. The van der Waals surface area contributed by atoms with Crippen LogP contribution in [0.15, 0.2) is 76.6 Å². The van der Waals surface area contributed by atoms with Gasteiger partial charge in [0.05, 0.1) is 29.2 Å². The number of nitrogens with zero attached hydrogens (tertiary/aromatic N) is 2. The Morgan fingerprint density at radius 1 is 1.00 bits per heavy atom. The van der Waals surface area contributed by atoms with Crippen molar-refractivity contribution in [2.75, 3.05) is 48.1 Å². The summed E-state index contributed by atoms with van der Waals surface area (Å²) >= 11 is 0.